The molecule has 0 radical (unpaired) electrons. The molecule has 2 aliphatic heterocycles. The molecule has 1 spiro atoms. The highest BCUT2D eigenvalue weighted by Crippen LogP contribution is 2.41. The maximum atomic E-state index is 12.4. The van der Waals surface area contributed by atoms with E-state index in [-0.39, 0.29) is 5.41 Å². The van der Waals surface area contributed by atoms with Crippen molar-refractivity contribution < 1.29 is 9.53 Å². The van der Waals surface area contributed by atoms with Gasteiger partial charge >= 0.3 is 0 Å². The second-order valence-corrected chi connectivity index (χ2v) is 7.24. The number of ether oxygens (including phenoxy) is 1. The highest BCUT2D eigenvalue weighted by molar-refractivity contribution is 5.84. The summed E-state index contributed by atoms with van der Waals surface area (Å²) < 4.78 is 5.74. The van der Waals surface area contributed by atoms with Crippen LogP contribution >= 0.6 is 0 Å². The zero-order chi connectivity index (χ0) is 18.0. The van der Waals surface area contributed by atoms with Gasteiger partial charge in [-0.2, -0.15) is 0 Å². The average Bonchev–Trinajstić information content (AvgIpc) is 2.97. The van der Waals surface area contributed by atoms with Crippen LogP contribution in [-0.4, -0.2) is 47.5 Å². The third-order valence-electron chi connectivity index (χ3n) is 5.59. The van der Waals surface area contributed by atoms with Gasteiger partial charge in [0.2, 0.25) is 11.9 Å². The van der Waals surface area contributed by atoms with Crippen LogP contribution in [0.2, 0.25) is 0 Å². The van der Waals surface area contributed by atoms with Crippen molar-refractivity contribution in [3.05, 3.63) is 48.3 Å². The number of rotatable bonds is 4. The minimum atomic E-state index is -0.149. The molecule has 0 unspecified atom stereocenters. The molecule has 2 aromatic rings. The fourth-order valence-electron chi connectivity index (χ4n) is 3.88. The summed E-state index contributed by atoms with van der Waals surface area (Å²) in [5.41, 5.74) is 0.966. The number of likely N-dealkylation sites (tertiary alicyclic amines) is 1. The first-order valence-electron chi connectivity index (χ1n) is 9.16. The van der Waals surface area contributed by atoms with E-state index in [0.29, 0.717) is 24.2 Å². The minimum Gasteiger partial charge on any atom is -0.486 e. The molecule has 2 fully saturated rings. The van der Waals surface area contributed by atoms with Gasteiger partial charge in [-0.3, -0.25) is 4.79 Å². The van der Waals surface area contributed by atoms with E-state index in [4.69, 9.17) is 4.74 Å². The lowest BCUT2D eigenvalue weighted by atomic mass is 9.77. The van der Waals surface area contributed by atoms with Gasteiger partial charge in [-0.05, 0) is 24.8 Å². The van der Waals surface area contributed by atoms with Gasteiger partial charge < -0.3 is 14.5 Å². The van der Waals surface area contributed by atoms with Gasteiger partial charge in [0.15, 0.2) is 5.75 Å². The lowest BCUT2D eigenvalue weighted by Crippen LogP contribution is -2.44. The number of carbonyl (C=O) groups is 1. The van der Waals surface area contributed by atoms with Crippen molar-refractivity contribution in [2.45, 2.75) is 25.9 Å². The molecule has 4 rings (SSSR count). The van der Waals surface area contributed by atoms with Gasteiger partial charge in [0.1, 0.15) is 6.61 Å². The average molecular weight is 352 g/mol. The molecule has 6 nitrogen and oxygen atoms in total. The molecule has 0 aliphatic carbocycles. The first-order valence-corrected chi connectivity index (χ1v) is 9.16. The smallest absolute Gasteiger partial charge is 0.228 e. The molecule has 136 valence electrons. The summed E-state index contributed by atoms with van der Waals surface area (Å²) in [5, 5.41) is 0. The zero-order valence-corrected chi connectivity index (χ0v) is 15.1. The lowest BCUT2D eigenvalue weighted by molar-refractivity contribution is -0.135. The number of aromatic nitrogens is 2. The second-order valence-electron chi connectivity index (χ2n) is 7.24. The highest BCUT2D eigenvalue weighted by atomic mass is 16.5. The number of hydrogen-bond acceptors (Lipinski definition) is 5. The third-order valence-corrected chi connectivity index (χ3v) is 5.59. The first kappa shape index (κ1) is 16.8. The van der Waals surface area contributed by atoms with Crippen molar-refractivity contribution in [1.82, 2.24) is 14.9 Å². The van der Waals surface area contributed by atoms with Crippen molar-refractivity contribution in [3.63, 3.8) is 0 Å². The fourth-order valence-corrected chi connectivity index (χ4v) is 3.88. The topological polar surface area (TPSA) is 58.6 Å². The van der Waals surface area contributed by atoms with Crippen LogP contribution in [-0.2, 0) is 11.4 Å². The number of amides is 1. The molecular weight excluding hydrogens is 328 g/mol. The predicted molar refractivity (Wildman–Crippen MR) is 98.9 cm³/mol. The molecule has 0 atom stereocenters. The number of carbonyl (C=O) groups excluding carboxylic acids is 1. The van der Waals surface area contributed by atoms with Crippen LogP contribution in [0.15, 0.2) is 42.7 Å². The second kappa shape index (κ2) is 6.94. The Kier molecular flexibility index (Phi) is 4.49. The van der Waals surface area contributed by atoms with Crippen LogP contribution in [0.3, 0.4) is 0 Å². The molecule has 2 aliphatic rings. The lowest BCUT2D eigenvalue weighted by Gasteiger charge is -2.37. The van der Waals surface area contributed by atoms with Crippen molar-refractivity contribution in [1.29, 1.82) is 0 Å². The molecule has 0 saturated carbocycles. The molecule has 6 heteroatoms. The number of hydrogen-bond donors (Lipinski definition) is 0. The fraction of sp³-hybridized carbons (Fsp3) is 0.450. The maximum Gasteiger partial charge on any atom is 0.228 e. The van der Waals surface area contributed by atoms with E-state index < -0.39 is 0 Å². The molecule has 0 bridgehead atoms. The number of anilines is 1. The molecule has 1 aromatic carbocycles. The SMILES string of the molecule is CN1CCC2(CCN(c3ncc(OCc4ccccc4)cn3)CC2)C1=O. The molecule has 26 heavy (non-hydrogen) atoms. The highest BCUT2D eigenvalue weighted by Gasteiger charge is 2.47. The van der Waals surface area contributed by atoms with Gasteiger partial charge in [0.25, 0.3) is 0 Å². The van der Waals surface area contributed by atoms with E-state index in [1.165, 1.54) is 0 Å². The predicted octanol–water partition coefficient (Wildman–Crippen LogP) is 2.50. The van der Waals surface area contributed by atoms with E-state index in [9.17, 15) is 4.79 Å². The Bertz CT molecular complexity index is 755. The maximum absolute atomic E-state index is 12.4. The van der Waals surface area contributed by atoms with Crippen molar-refractivity contribution in [3.8, 4) is 5.75 Å². The summed E-state index contributed by atoms with van der Waals surface area (Å²) in [6.45, 7) is 3.03. The van der Waals surface area contributed by atoms with Crippen LogP contribution < -0.4 is 9.64 Å². The Morgan fingerprint density at radius 2 is 1.69 bits per heavy atom. The van der Waals surface area contributed by atoms with Gasteiger partial charge in [0, 0.05) is 26.7 Å². The normalized spacial score (nSPS) is 19.2. The molecular formula is C20H24N4O2. The van der Waals surface area contributed by atoms with Crippen LogP contribution in [0, 0.1) is 5.41 Å². The summed E-state index contributed by atoms with van der Waals surface area (Å²) in [6.07, 6.45) is 6.19. The van der Waals surface area contributed by atoms with Crippen molar-refractivity contribution in [2.75, 3.05) is 31.6 Å². The largest absolute Gasteiger partial charge is 0.486 e. The van der Waals surface area contributed by atoms with Crippen LogP contribution in [0.4, 0.5) is 5.95 Å². The van der Waals surface area contributed by atoms with E-state index in [0.717, 1.165) is 44.5 Å². The Morgan fingerprint density at radius 3 is 2.31 bits per heavy atom. The van der Waals surface area contributed by atoms with E-state index in [2.05, 4.69) is 14.9 Å². The monoisotopic (exact) mass is 352 g/mol. The Balaban J connectivity index is 1.34. The summed E-state index contributed by atoms with van der Waals surface area (Å²) in [6, 6.07) is 10.0. The van der Waals surface area contributed by atoms with Gasteiger partial charge in [-0.15, -0.1) is 0 Å². The summed E-state index contributed by atoms with van der Waals surface area (Å²) in [7, 11) is 1.90. The van der Waals surface area contributed by atoms with Crippen molar-refractivity contribution >= 4 is 11.9 Å². The van der Waals surface area contributed by atoms with Gasteiger partial charge in [-0.25, -0.2) is 9.97 Å². The van der Waals surface area contributed by atoms with Gasteiger partial charge in [0.05, 0.1) is 17.8 Å². The Morgan fingerprint density at radius 1 is 1.04 bits per heavy atom. The van der Waals surface area contributed by atoms with E-state index in [1.54, 1.807) is 12.4 Å². The molecule has 1 aromatic heterocycles. The molecule has 1 amide bonds. The van der Waals surface area contributed by atoms with Crippen LogP contribution in [0.5, 0.6) is 5.75 Å². The quantitative estimate of drug-likeness (QED) is 0.846. The van der Waals surface area contributed by atoms with Crippen LogP contribution in [0.25, 0.3) is 0 Å². The molecule has 2 saturated heterocycles. The van der Waals surface area contributed by atoms with E-state index in [1.807, 2.05) is 42.3 Å². The molecule has 3 heterocycles. The summed E-state index contributed by atoms with van der Waals surface area (Å²) >= 11 is 0. The first-order chi connectivity index (χ1) is 12.7. The van der Waals surface area contributed by atoms with Crippen LogP contribution in [0.1, 0.15) is 24.8 Å². The zero-order valence-electron chi connectivity index (χ0n) is 15.1. The molecule has 0 N–H and O–H groups in total. The number of piperidine rings is 1. The Labute approximate surface area is 153 Å². The Hall–Kier alpha value is -2.63. The number of nitrogens with zero attached hydrogens (tertiary/aromatic N) is 4. The summed E-state index contributed by atoms with van der Waals surface area (Å²) in [5.74, 6) is 1.69. The summed E-state index contributed by atoms with van der Waals surface area (Å²) in [4.78, 5) is 25.4. The minimum absolute atomic E-state index is 0.149. The standard InChI is InChI=1S/C20H24N4O2/c1-23-10-7-20(18(23)25)8-11-24(12-9-20)19-21-13-17(14-22-19)26-15-16-5-3-2-4-6-16/h2-6,13-14H,7-12,15H2,1H3. The van der Waals surface area contributed by atoms with E-state index >= 15 is 0 Å². The van der Waals surface area contributed by atoms with Crippen molar-refractivity contribution in [2.24, 2.45) is 5.41 Å². The number of benzene rings is 1. The third kappa shape index (κ3) is 3.23. The van der Waals surface area contributed by atoms with Gasteiger partial charge in [-0.1, -0.05) is 30.3 Å².